The lowest BCUT2D eigenvalue weighted by molar-refractivity contribution is 0.462. The summed E-state index contributed by atoms with van der Waals surface area (Å²) in [6.45, 7) is 0. The first kappa shape index (κ1) is 8.31. The maximum absolute atomic E-state index is 9.20. The number of nitrogens with zero attached hydrogens (tertiary/aromatic N) is 1. The van der Waals surface area contributed by atoms with Crippen LogP contribution in [0.3, 0.4) is 0 Å². The van der Waals surface area contributed by atoms with E-state index in [1.54, 1.807) is 12.1 Å². The average molecular weight is 183 g/mol. The van der Waals surface area contributed by atoms with Crippen LogP contribution in [-0.2, 0) is 0 Å². The van der Waals surface area contributed by atoms with Crippen LogP contribution in [0.2, 0.25) is 0 Å². The number of benzene rings is 1. The molecule has 56 valence electrons. The lowest BCUT2D eigenvalue weighted by atomic mass is 10.2. The number of hydrogen-bond acceptors (Lipinski definition) is 4. The zero-order valence-corrected chi connectivity index (χ0v) is 7.19. The van der Waals surface area contributed by atoms with Crippen LogP contribution in [0.1, 0.15) is 5.56 Å². The van der Waals surface area contributed by atoms with Crippen molar-refractivity contribution in [2.24, 2.45) is 0 Å². The standard InChI is InChI=1S/C7H5NOS2/c8-4-5-1-2-7(11-10)6(9)3-5/h1-3,9-10H. The van der Waals surface area contributed by atoms with Crippen LogP contribution < -0.4 is 0 Å². The van der Waals surface area contributed by atoms with Crippen LogP contribution in [-0.4, -0.2) is 5.11 Å². The Kier molecular flexibility index (Phi) is 2.69. The molecule has 0 unspecified atom stereocenters. The molecule has 0 saturated carbocycles. The first-order valence-corrected chi connectivity index (χ1v) is 4.69. The van der Waals surface area contributed by atoms with Gasteiger partial charge >= 0.3 is 0 Å². The van der Waals surface area contributed by atoms with E-state index in [1.807, 2.05) is 6.07 Å². The molecule has 0 fully saturated rings. The molecule has 4 heteroatoms. The Morgan fingerprint density at radius 3 is 2.73 bits per heavy atom. The van der Waals surface area contributed by atoms with Crippen molar-refractivity contribution in [2.45, 2.75) is 4.90 Å². The number of aromatic hydroxyl groups is 1. The lowest BCUT2D eigenvalue weighted by Gasteiger charge is -1.98. The quantitative estimate of drug-likeness (QED) is 0.518. The van der Waals surface area contributed by atoms with Gasteiger partial charge in [-0.25, -0.2) is 0 Å². The van der Waals surface area contributed by atoms with E-state index < -0.39 is 0 Å². The van der Waals surface area contributed by atoms with Gasteiger partial charge in [-0.1, -0.05) is 10.8 Å². The topological polar surface area (TPSA) is 44.0 Å². The Labute approximate surface area is 73.7 Å². The largest absolute Gasteiger partial charge is 0.507 e. The van der Waals surface area contributed by atoms with Gasteiger partial charge in [0, 0.05) is 0 Å². The maximum atomic E-state index is 9.20. The summed E-state index contributed by atoms with van der Waals surface area (Å²) >= 11 is 3.92. The summed E-state index contributed by atoms with van der Waals surface area (Å²) in [4.78, 5) is 0.660. The second kappa shape index (κ2) is 3.56. The first-order valence-electron chi connectivity index (χ1n) is 2.82. The molecule has 0 saturated heterocycles. The summed E-state index contributed by atoms with van der Waals surface area (Å²) in [5.74, 6) is 0.101. The van der Waals surface area contributed by atoms with E-state index >= 15 is 0 Å². The van der Waals surface area contributed by atoms with Gasteiger partial charge in [-0.3, -0.25) is 0 Å². The Morgan fingerprint density at radius 1 is 1.55 bits per heavy atom. The Balaban J connectivity index is 3.12. The van der Waals surface area contributed by atoms with Crippen molar-refractivity contribution in [3.05, 3.63) is 23.8 Å². The van der Waals surface area contributed by atoms with E-state index in [9.17, 15) is 5.11 Å². The molecule has 0 spiro atoms. The first-order chi connectivity index (χ1) is 5.27. The van der Waals surface area contributed by atoms with Crippen molar-refractivity contribution in [3.63, 3.8) is 0 Å². The predicted octanol–water partition coefficient (Wildman–Crippen LogP) is 2.20. The molecule has 11 heavy (non-hydrogen) atoms. The molecule has 0 radical (unpaired) electrons. The Bertz CT molecular complexity index is 306. The molecule has 0 aromatic heterocycles. The second-order valence-corrected chi connectivity index (χ2v) is 3.06. The number of thiol groups is 1. The highest BCUT2D eigenvalue weighted by molar-refractivity contribution is 8.68. The molecule has 0 heterocycles. The molecule has 0 aliphatic heterocycles. The van der Waals surface area contributed by atoms with Gasteiger partial charge in [-0.15, -0.1) is 11.7 Å². The molecule has 1 rings (SSSR count). The summed E-state index contributed by atoms with van der Waals surface area (Å²) in [5.41, 5.74) is 0.452. The zero-order valence-electron chi connectivity index (χ0n) is 5.48. The minimum atomic E-state index is 0.101. The summed E-state index contributed by atoms with van der Waals surface area (Å²) in [7, 11) is 1.15. The van der Waals surface area contributed by atoms with Crippen molar-refractivity contribution < 1.29 is 5.11 Å². The lowest BCUT2D eigenvalue weighted by Crippen LogP contribution is -1.74. The van der Waals surface area contributed by atoms with Crippen LogP contribution in [0.15, 0.2) is 23.1 Å². The molecular weight excluding hydrogens is 178 g/mol. The van der Waals surface area contributed by atoms with Crippen molar-refractivity contribution in [1.29, 1.82) is 5.26 Å². The van der Waals surface area contributed by atoms with Crippen LogP contribution in [0, 0.1) is 11.3 Å². The molecule has 1 N–H and O–H groups in total. The predicted molar refractivity (Wildman–Crippen MR) is 47.7 cm³/mol. The van der Waals surface area contributed by atoms with Gasteiger partial charge in [0.2, 0.25) is 0 Å². The normalized spacial score (nSPS) is 9.09. The highest BCUT2D eigenvalue weighted by Crippen LogP contribution is 2.30. The fraction of sp³-hybridized carbons (Fsp3) is 0. The van der Waals surface area contributed by atoms with E-state index in [2.05, 4.69) is 11.7 Å². The van der Waals surface area contributed by atoms with E-state index in [0.717, 1.165) is 10.8 Å². The molecular formula is C7H5NOS2. The van der Waals surface area contributed by atoms with Crippen LogP contribution in [0.4, 0.5) is 0 Å². The third-order valence-electron chi connectivity index (χ3n) is 1.19. The summed E-state index contributed by atoms with van der Waals surface area (Å²) in [6.07, 6.45) is 0. The number of rotatable bonds is 1. The monoisotopic (exact) mass is 183 g/mol. The van der Waals surface area contributed by atoms with Crippen molar-refractivity contribution in [2.75, 3.05) is 0 Å². The van der Waals surface area contributed by atoms with E-state index in [1.165, 1.54) is 6.07 Å². The highest BCUT2D eigenvalue weighted by atomic mass is 33.1. The molecule has 0 bridgehead atoms. The third-order valence-corrected chi connectivity index (χ3v) is 2.32. The van der Waals surface area contributed by atoms with Crippen molar-refractivity contribution in [3.8, 4) is 11.8 Å². The number of phenols is 1. The minimum absolute atomic E-state index is 0.101. The van der Waals surface area contributed by atoms with Crippen LogP contribution in [0.25, 0.3) is 0 Å². The van der Waals surface area contributed by atoms with Gasteiger partial charge in [0.25, 0.3) is 0 Å². The van der Waals surface area contributed by atoms with E-state index in [4.69, 9.17) is 5.26 Å². The SMILES string of the molecule is N#Cc1ccc(SS)c(O)c1. The molecule has 0 aliphatic rings. The maximum Gasteiger partial charge on any atom is 0.131 e. The Morgan fingerprint density at radius 2 is 2.27 bits per heavy atom. The fourth-order valence-electron chi connectivity index (χ4n) is 0.664. The third kappa shape index (κ3) is 1.82. The van der Waals surface area contributed by atoms with Crippen molar-refractivity contribution in [1.82, 2.24) is 0 Å². The summed E-state index contributed by atoms with van der Waals surface area (Å²) in [5, 5.41) is 17.6. The molecule has 0 amide bonds. The summed E-state index contributed by atoms with van der Waals surface area (Å²) in [6, 6.07) is 6.64. The molecule has 2 nitrogen and oxygen atoms in total. The van der Waals surface area contributed by atoms with Gasteiger partial charge in [-0.05, 0) is 18.2 Å². The minimum Gasteiger partial charge on any atom is -0.507 e. The van der Waals surface area contributed by atoms with Gasteiger partial charge in [-0.2, -0.15) is 5.26 Å². The van der Waals surface area contributed by atoms with E-state index in [-0.39, 0.29) is 5.75 Å². The van der Waals surface area contributed by atoms with Gasteiger partial charge in [0.1, 0.15) is 5.75 Å². The Hall–Kier alpha value is -0.790. The molecule has 1 aromatic carbocycles. The number of phenolic OH excluding ortho intramolecular Hbond substituents is 1. The molecule has 0 atom stereocenters. The number of nitriles is 1. The fourth-order valence-corrected chi connectivity index (χ4v) is 1.41. The van der Waals surface area contributed by atoms with Crippen LogP contribution >= 0.6 is 22.5 Å². The highest BCUT2D eigenvalue weighted by Gasteiger charge is 1.99. The van der Waals surface area contributed by atoms with Crippen LogP contribution in [0.5, 0.6) is 5.75 Å². The molecule has 0 aliphatic carbocycles. The van der Waals surface area contributed by atoms with Gasteiger partial charge in [0.05, 0.1) is 16.5 Å². The zero-order chi connectivity index (χ0) is 8.27. The van der Waals surface area contributed by atoms with Gasteiger partial charge in [0.15, 0.2) is 0 Å². The molecule has 1 aromatic rings. The smallest absolute Gasteiger partial charge is 0.131 e. The van der Waals surface area contributed by atoms with E-state index in [0.29, 0.717) is 10.5 Å². The average Bonchev–Trinajstić information content (AvgIpc) is 2.04. The van der Waals surface area contributed by atoms with Crippen molar-refractivity contribution >= 4 is 22.5 Å². The second-order valence-electron chi connectivity index (χ2n) is 1.89. The van der Waals surface area contributed by atoms with Gasteiger partial charge < -0.3 is 5.11 Å². The summed E-state index contributed by atoms with van der Waals surface area (Å²) < 4.78 is 0. The number of hydrogen-bond donors (Lipinski definition) is 2.